The van der Waals surface area contributed by atoms with Crippen molar-refractivity contribution >= 4 is 22.4 Å². The van der Waals surface area contributed by atoms with Crippen molar-refractivity contribution in [3.63, 3.8) is 0 Å². The monoisotopic (exact) mass is 326 g/mol. The minimum atomic E-state index is 0.00653. The van der Waals surface area contributed by atoms with Gasteiger partial charge in [-0.1, -0.05) is 30.3 Å². The van der Waals surface area contributed by atoms with Gasteiger partial charge in [-0.2, -0.15) is 0 Å². The third-order valence-electron chi connectivity index (χ3n) is 5.42. The van der Waals surface area contributed by atoms with Gasteiger partial charge in [0.05, 0.1) is 11.2 Å². The number of pyridine rings is 1. The van der Waals surface area contributed by atoms with Crippen LogP contribution in [0.25, 0.3) is 10.9 Å². The molecular formula is C22H18N2O. The molecule has 2 heterocycles. The SMILES string of the molecule is Cc1ccccc1C1C2=C(CCC2=O)Nc2c1ccc1ncccc21. The summed E-state index contributed by atoms with van der Waals surface area (Å²) >= 11 is 0. The van der Waals surface area contributed by atoms with Gasteiger partial charge < -0.3 is 5.32 Å². The van der Waals surface area contributed by atoms with Crippen molar-refractivity contribution < 1.29 is 4.79 Å². The summed E-state index contributed by atoms with van der Waals surface area (Å²) < 4.78 is 0. The first-order valence-electron chi connectivity index (χ1n) is 8.70. The third-order valence-corrected chi connectivity index (χ3v) is 5.42. The quantitative estimate of drug-likeness (QED) is 0.704. The molecule has 1 unspecified atom stereocenters. The molecule has 0 bridgehead atoms. The Balaban J connectivity index is 1.83. The van der Waals surface area contributed by atoms with Gasteiger partial charge in [-0.3, -0.25) is 9.78 Å². The highest BCUT2D eigenvalue weighted by atomic mass is 16.1. The lowest BCUT2D eigenvalue weighted by atomic mass is 9.78. The van der Waals surface area contributed by atoms with Crippen LogP contribution in [0.3, 0.4) is 0 Å². The molecule has 2 aromatic carbocycles. The number of nitrogens with one attached hydrogen (secondary N) is 1. The normalized spacial score (nSPS) is 18.9. The molecular weight excluding hydrogens is 308 g/mol. The van der Waals surface area contributed by atoms with E-state index in [1.807, 2.05) is 12.3 Å². The molecule has 0 amide bonds. The number of hydrogen-bond donors (Lipinski definition) is 1. The molecule has 5 rings (SSSR count). The highest BCUT2D eigenvalue weighted by Crippen LogP contribution is 2.48. The fraction of sp³-hybridized carbons (Fsp3) is 0.182. The molecule has 1 aliphatic heterocycles. The molecule has 1 atom stereocenters. The number of allylic oxidation sites excluding steroid dienone is 2. The largest absolute Gasteiger partial charge is 0.358 e. The van der Waals surface area contributed by atoms with Gasteiger partial charge in [0.1, 0.15) is 0 Å². The molecule has 0 spiro atoms. The molecule has 0 saturated carbocycles. The zero-order chi connectivity index (χ0) is 17.0. The van der Waals surface area contributed by atoms with E-state index in [4.69, 9.17) is 0 Å². The second kappa shape index (κ2) is 5.28. The number of carbonyl (C=O) groups is 1. The Bertz CT molecular complexity index is 1060. The summed E-state index contributed by atoms with van der Waals surface area (Å²) in [5.41, 5.74) is 7.73. The Morgan fingerprint density at radius 1 is 1.00 bits per heavy atom. The van der Waals surface area contributed by atoms with Crippen LogP contribution in [0.1, 0.15) is 35.4 Å². The molecule has 122 valence electrons. The molecule has 0 fully saturated rings. The lowest BCUT2D eigenvalue weighted by Gasteiger charge is -2.30. The number of benzene rings is 2. The van der Waals surface area contributed by atoms with Crippen molar-refractivity contribution in [2.75, 3.05) is 5.32 Å². The number of hydrogen-bond acceptors (Lipinski definition) is 3. The van der Waals surface area contributed by atoms with Crippen LogP contribution in [-0.2, 0) is 4.79 Å². The van der Waals surface area contributed by atoms with Crippen molar-refractivity contribution in [2.24, 2.45) is 0 Å². The zero-order valence-electron chi connectivity index (χ0n) is 14.0. The Morgan fingerprint density at radius 3 is 2.76 bits per heavy atom. The number of Topliss-reactive ketones (excluding diaryl/α,β-unsaturated/α-hetero) is 1. The first-order valence-corrected chi connectivity index (χ1v) is 8.70. The summed E-state index contributed by atoms with van der Waals surface area (Å²) in [5, 5.41) is 4.69. The van der Waals surface area contributed by atoms with Crippen LogP contribution in [0.5, 0.6) is 0 Å². The van der Waals surface area contributed by atoms with Gasteiger partial charge in [0.25, 0.3) is 0 Å². The number of ketones is 1. The lowest BCUT2D eigenvalue weighted by molar-refractivity contribution is -0.115. The average Bonchev–Trinajstić information content (AvgIpc) is 3.01. The molecule has 3 aromatic rings. The molecule has 3 nitrogen and oxygen atoms in total. The molecule has 3 heteroatoms. The van der Waals surface area contributed by atoms with E-state index in [-0.39, 0.29) is 11.7 Å². The van der Waals surface area contributed by atoms with Crippen LogP contribution in [0.2, 0.25) is 0 Å². The Hall–Kier alpha value is -2.94. The maximum atomic E-state index is 12.7. The topological polar surface area (TPSA) is 42.0 Å². The van der Waals surface area contributed by atoms with Gasteiger partial charge in [0.15, 0.2) is 5.78 Å². The van der Waals surface area contributed by atoms with E-state index < -0.39 is 0 Å². The van der Waals surface area contributed by atoms with Gasteiger partial charge in [-0.15, -0.1) is 0 Å². The summed E-state index contributed by atoms with van der Waals surface area (Å²) in [7, 11) is 0. The third kappa shape index (κ3) is 2.05. The summed E-state index contributed by atoms with van der Waals surface area (Å²) in [6.45, 7) is 2.12. The minimum absolute atomic E-state index is 0.00653. The zero-order valence-corrected chi connectivity index (χ0v) is 14.0. The van der Waals surface area contributed by atoms with E-state index in [0.29, 0.717) is 6.42 Å². The Morgan fingerprint density at radius 2 is 1.88 bits per heavy atom. The van der Waals surface area contributed by atoms with Crippen molar-refractivity contribution in [1.29, 1.82) is 0 Å². The van der Waals surface area contributed by atoms with Crippen LogP contribution in [0.15, 0.2) is 66.0 Å². The molecule has 2 aliphatic rings. The van der Waals surface area contributed by atoms with Crippen LogP contribution < -0.4 is 5.32 Å². The maximum Gasteiger partial charge on any atom is 0.161 e. The summed E-state index contributed by atoms with van der Waals surface area (Å²) in [4.78, 5) is 17.1. The highest BCUT2D eigenvalue weighted by molar-refractivity contribution is 6.05. The minimum Gasteiger partial charge on any atom is -0.358 e. The van der Waals surface area contributed by atoms with Crippen molar-refractivity contribution in [1.82, 2.24) is 4.98 Å². The molecule has 0 saturated heterocycles. The van der Waals surface area contributed by atoms with E-state index >= 15 is 0 Å². The Kier molecular flexibility index (Phi) is 3.04. The fourth-order valence-corrected chi connectivity index (χ4v) is 4.23. The number of rotatable bonds is 1. The van der Waals surface area contributed by atoms with E-state index in [1.54, 1.807) is 0 Å². The van der Waals surface area contributed by atoms with Crippen LogP contribution in [-0.4, -0.2) is 10.8 Å². The van der Waals surface area contributed by atoms with Gasteiger partial charge in [-0.25, -0.2) is 0 Å². The second-order valence-corrected chi connectivity index (χ2v) is 6.83. The second-order valence-electron chi connectivity index (χ2n) is 6.83. The smallest absolute Gasteiger partial charge is 0.161 e. The van der Waals surface area contributed by atoms with Crippen molar-refractivity contribution in [3.05, 3.63) is 82.7 Å². The van der Waals surface area contributed by atoms with Crippen LogP contribution in [0.4, 0.5) is 5.69 Å². The summed E-state index contributed by atoms with van der Waals surface area (Å²) in [6.07, 6.45) is 3.22. The van der Waals surface area contributed by atoms with E-state index in [2.05, 4.69) is 59.7 Å². The number of carbonyl (C=O) groups excluding carboxylic acids is 1. The molecule has 0 radical (unpaired) electrons. The summed E-state index contributed by atoms with van der Waals surface area (Å²) in [5.74, 6) is 0.278. The number of nitrogens with zero attached hydrogens (tertiary/aromatic N) is 1. The van der Waals surface area contributed by atoms with Gasteiger partial charge in [0, 0.05) is 35.2 Å². The predicted molar refractivity (Wildman–Crippen MR) is 99.7 cm³/mol. The first kappa shape index (κ1) is 14.4. The van der Waals surface area contributed by atoms with Crippen LogP contribution in [0, 0.1) is 6.92 Å². The number of fused-ring (bicyclic) bond motifs is 3. The standard InChI is InChI=1S/C22H18N2O/c1-13-5-2-3-6-14(13)20-16-8-9-17-15(7-4-12-23-17)22(16)24-18-10-11-19(25)21(18)20/h2-9,12,20,24H,10-11H2,1H3. The Labute approximate surface area is 146 Å². The molecule has 1 N–H and O–H groups in total. The van der Waals surface area contributed by atoms with E-state index in [9.17, 15) is 4.79 Å². The summed E-state index contributed by atoms with van der Waals surface area (Å²) in [6, 6.07) is 16.7. The first-order chi connectivity index (χ1) is 12.2. The van der Waals surface area contributed by atoms with Crippen LogP contribution >= 0.6 is 0 Å². The number of aromatic nitrogens is 1. The van der Waals surface area contributed by atoms with Crippen molar-refractivity contribution in [2.45, 2.75) is 25.7 Å². The van der Waals surface area contributed by atoms with Gasteiger partial charge in [-0.05, 0) is 48.2 Å². The highest BCUT2D eigenvalue weighted by Gasteiger charge is 2.37. The predicted octanol–water partition coefficient (Wildman–Crippen LogP) is 4.72. The lowest BCUT2D eigenvalue weighted by Crippen LogP contribution is -2.20. The molecule has 1 aliphatic carbocycles. The molecule has 25 heavy (non-hydrogen) atoms. The number of anilines is 1. The van der Waals surface area contributed by atoms with Crippen molar-refractivity contribution in [3.8, 4) is 0 Å². The average molecular weight is 326 g/mol. The number of aryl methyl sites for hydroxylation is 1. The van der Waals surface area contributed by atoms with E-state index in [0.717, 1.165) is 34.3 Å². The molecule has 1 aromatic heterocycles. The maximum absolute atomic E-state index is 12.7. The van der Waals surface area contributed by atoms with Gasteiger partial charge in [0.2, 0.25) is 0 Å². The van der Waals surface area contributed by atoms with E-state index in [1.165, 1.54) is 16.7 Å². The fourth-order valence-electron chi connectivity index (χ4n) is 4.23. The van der Waals surface area contributed by atoms with Gasteiger partial charge >= 0.3 is 0 Å².